The summed E-state index contributed by atoms with van der Waals surface area (Å²) in [6.07, 6.45) is 5.30. The second-order valence-corrected chi connectivity index (χ2v) is 5.30. The van der Waals surface area contributed by atoms with Crippen LogP contribution in [0.2, 0.25) is 5.02 Å². The van der Waals surface area contributed by atoms with Gasteiger partial charge in [-0.1, -0.05) is 11.6 Å². The summed E-state index contributed by atoms with van der Waals surface area (Å²) in [4.78, 5) is 15.8. The molecular weight excluding hydrogens is 244 g/mol. The van der Waals surface area contributed by atoms with Crippen molar-refractivity contribution in [3.05, 3.63) is 29.0 Å². The molecule has 16 heavy (non-hydrogen) atoms. The number of hydrogen-bond donors (Lipinski definition) is 1. The van der Waals surface area contributed by atoms with Crippen LogP contribution in [-0.2, 0) is 0 Å². The molecule has 1 N–H and O–H groups in total. The van der Waals surface area contributed by atoms with Crippen LogP contribution in [-0.4, -0.2) is 28.4 Å². The number of thioether (sulfide) groups is 1. The first-order valence-corrected chi connectivity index (χ1v) is 6.79. The molecule has 3 nitrogen and oxygen atoms in total. The van der Waals surface area contributed by atoms with Crippen LogP contribution in [0.3, 0.4) is 0 Å². The van der Waals surface area contributed by atoms with Gasteiger partial charge in [0.25, 0.3) is 5.91 Å². The van der Waals surface area contributed by atoms with Crippen LogP contribution in [0.1, 0.15) is 23.2 Å². The van der Waals surface area contributed by atoms with E-state index in [0.29, 0.717) is 10.6 Å². The average molecular weight is 257 g/mol. The van der Waals surface area contributed by atoms with Crippen LogP contribution < -0.4 is 5.32 Å². The van der Waals surface area contributed by atoms with Crippen molar-refractivity contribution < 1.29 is 4.79 Å². The van der Waals surface area contributed by atoms with E-state index in [4.69, 9.17) is 11.6 Å². The van der Waals surface area contributed by atoms with Crippen LogP contribution in [0.25, 0.3) is 0 Å². The molecule has 1 unspecified atom stereocenters. The van der Waals surface area contributed by atoms with Gasteiger partial charge in [0.2, 0.25) is 0 Å². The summed E-state index contributed by atoms with van der Waals surface area (Å²) in [5, 5.41) is 3.41. The average Bonchev–Trinajstić information content (AvgIpc) is 2.31. The second-order valence-electron chi connectivity index (χ2n) is 3.74. The summed E-state index contributed by atoms with van der Waals surface area (Å²) in [5.41, 5.74) is 0.507. The van der Waals surface area contributed by atoms with Gasteiger partial charge in [-0.05, 0) is 24.7 Å². The molecule has 1 aliphatic heterocycles. The normalized spacial score (nSPS) is 20.4. The molecule has 1 aromatic rings. The Labute approximate surface area is 104 Å². The molecule has 2 heterocycles. The van der Waals surface area contributed by atoms with Crippen LogP contribution in [0, 0.1) is 0 Å². The first kappa shape index (κ1) is 11.7. The number of carbonyl (C=O) groups is 1. The van der Waals surface area contributed by atoms with Gasteiger partial charge in [0.05, 0.1) is 10.6 Å². The lowest BCUT2D eigenvalue weighted by atomic mass is 10.1. The molecule has 86 valence electrons. The lowest BCUT2D eigenvalue weighted by molar-refractivity contribution is 0.0938. The first-order valence-electron chi connectivity index (χ1n) is 5.25. The lowest BCUT2D eigenvalue weighted by Gasteiger charge is -2.22. The summed E-state index contributed by atoms with van der Waals surface area (Å²) in [6, 6.07) is 1.92. The number of nitrogens with one attached hydrogen (secondary N) is 1. The Morgan fingerprint density at radius 1 is 1.62 bits per heavy atom. The molecule has 1 amide bonds. The Morgan fingerprint density at radius 2 is 2.50 bits per heavy atom. The largest absolute Gasteiger partial charge is 0.348 e. The molecule has 0 spiro atoms. The van der Waals surface area contributed by atoms with Gasteiger partial charge in [0.15, 0.2) is 0 Å². The molecule has 1 aromatic heterocycles. The van der Waals surface area contributed by atoms with Crippen LogP contribution in [0.5, 0.6) is 0 Å². The SMILES string of the molecule is O=C(NC1CCCSC1)c1ccncc1Cl. The highest BCUT2D eigenvalue weighted by molar-refractivity contribution is 7.99. The smallest absolute Gasteiger partial charge is 0.253 e. The first-order chi connectivity index (χ1) is 7.77. The minimum absolute atomic E-state index is 0.0973. The molecular formula is C11H13ClN2OS. The zero-order valence-electron chi connectivity index (χ0n) is 8.78. The zero-order chi connectivity index (χ0) is 11.4. The van der Waals surface area contributed by atoms with Crippen molar-refractivity contribution in [1.29, 1.82) is 0 Å². The summed E-state index contributed by atoms with van der Waals surface area (Å²) in [7, 11) is 0. The number of nitrogens with zero attached hydrogens (tertiary/aromatic N) is 1. The molecule has 2 rings (SSSR count). The van der Waals surface area contributed by atoms with Gasteiger partial charge in [-0.15, -0.1) is 0 Å². The fourth-order valence-corrected chi connectivity index (χ4v) is 2.95. The Hall–Kier alpha value is -0.740. The molecule has 1 aliphatic rings. The summed E-state index contributed by atoms with van der Waals surface area (Å²) >= 11 is 7.79. The van der Waals surface area contributed by atoms with Crippen LogP contribution >= 0.6 is 23.4 Å². The van der Waals surface area contributed by atoms with E-state index in [2.05, 4.69) is 10.3 Å². The quantitative estimate of drug-likeness (QED) is 0.883. The second kappa shape index (κ2) is 5.55. The van der Waals surface area contributed by atoms with Gasteiger partial charge < -0.3 is 5.32 Å². The monoisotopic (exact) mass is 256 g/mol. The van der Waals surface area contributed by atoms with Crippen LogP contribution in [0.4, 0.5) is 0 Å². The number of halogens is 1. The van der Waals surface area contributed by atoms with E-state index in [-0.39, 0.29) is 11.9 Å². The van der Waals surface area contributed by atoms with Gasteiger partial charge in [-0.2, -0.15) is 11.8 Å². The fourth-order valence-electron chi connectivity index (χ4n) is 1.68. The maximum Gasteiger partial charge on any atom is 0.253 e. The van der Waals surface area contributed by atoms with E-state index < -0.39 is 0 Å². The Balaban J connectivity index is 2.00. The van der Waals surface area contributed by atoms with Crippen molar-refractivity contribution in [1.82, 2.24) is 10.3 Å². The molecule has 1 atom stereocenters. The highest BCUT2D eigenvalue weighted by Crippen LogP contribution is 2.18. The van der Waals surface area contributed by atoms with Gasteiger partial charge in [0, 0.05) is 24.2 Å². The van der Waals surface area contributed by atoms with E-state index in [1.54, 1.807) is 12.3 Å². The van der Waals surface area contributed by atoms with Crippen molar-refractivity contribution in [3.63, 3.8) is 0 Å². The predicted molar refractivity (Wildman–Crippen MR) is 67.1 cm³/mol. The number of aromatic nitrogens is 1. The van der Waals surface area contributed by atoms with Gasteiger partial charge in [-0.3, -0.25) is 9.78 Å². The predicted octanol–water partition coefficient (Wildman–Crippen LogP) is 2.36. The van der Waals surface area contributed by atoms with Gasteiger partial charge in [-0.25, -0.2) is 0 Å². The molecule has 0 saturated carbocycles. The van der Waals surface area contributed by atoms with E-state index in [1.165, 1.54) is 18.4 Å². The number of carbonyl (C=O) groups excluding carboxylic acids is 1. The highest BCUT2D eigenvalue weighted by Gasteiger charge is 2.18. The van der Waals surface area contributed by atoms with E-state index in [1.807, 2.05) is 11.8 Å². The Morgan fingerprint density at radius 3 is 3.19 bits per heavy atom. The van der Waals surface area contributed by atoms with Crippen molar-refractivity contribution >= 4 is 29.3 Å². The fraction of sp³-hybridized carbons (Fsp3) is 0.455. The molecule has 1 saturated heterocycles. The molecule has 0 aromatic carbocycles. The maximum absolute atomic E-state index is 11.9. The van der Waals surface area contributed by atoms with Crippen molar-refractivity contribution in [2.75, 3.05) is 11.5 Å². The Kier molecular flexibility index (Phi) is 4.07. The van der Waals surface area contributed by atoms with E-state index in [0.717, 1.165) is 12.2 Å². The molecule has 0 aliphatic carbocycles. The molecule has 1 fully saturated rings. The number of hydrogen-bond acceptors (Lipinski definition) is 3. The summed E-state index contributed by atoms with van der Waals surface area (Å²) in [6.45, 7) is 0. The third kappa shape index (κ3) is 2.89. The third-order valence-electron chi connectivity index (χ3n) is 2.51. The van der Waals surface area contributed by atoms with Gasteiger partial charge in [0.1, 0.15) is 0 Å². The third-order valence-corrected chi connectivity index (χ3v) is 4.03. The lowest BCUT2D eigenvalue weighted by Crippen LogP contribution is -2.38. The number of pyridine rings is 1. The topological polar surface area (TPSA) is 42.0 Å². The number of rotatable bonds is 2. The number of amides is 1. The summed E-state index contributed by atoms with van der Waals surface area (Å²) < 4.78 is 0. The summed E-state index contributed by atoms with van der Waals surface area (Å²) in [5.74, 6) is 2.09. The van der Waals surface area contributed by atoms with E-state index >= 15 is 0 Å². The molecule has 5 heteroatoms. The molecule has 0 bridgehead atoms. The Bertz CT molecular complexity index is 380. The molecule has 0 radical (unpaired) electrons. The van der Waals surface area contributed by atoms with Crippen molar-refractivity contribution in [3.8, 4) is 0 Å². The van der Waals surface area contributed by atoms with Gasteiger partial charge >= 0.3 is 0 Å². The minimum Gasteiger partial charge on any atom is -0.348 e. The van der Waals surface area contributed by atoms with Crippen LogP contribution in [0.15, 0.2) is 18.5 Å². The van der Waals surface area contributed by atoms with Crippen molar-refractivity contribution in [2.24, 2.45) is 0 Å². The maximum atomic E-state index is 11.9. The van der Waals surface area contributed by atoms with E-state index in [9.17, 15) is 4.79 Å². The van der Waals surface area contributed by atoms with Crippen molar-refractivity contribution in [2.45, 2.75) is 18.9 Å². The zero-order valence-corrected chi connectivity index (χ0v) is 10.4. The minimum atomic E-state index is -0.0973. The standard InChI is InChI=1S/C11H13ClN2OS/c12-10-6-13-4-3-9(10)11(15)14-8-2-1-5-16-7-8/h3-4,6,8H,1-2,5,7H2,(H,14,15). The highest BCUT2D eigenvalue weighted by atomic mass is 35.5.